The van der Waals surface area contributed by atoms with Crippen molar-refractivity contribution >= 4 is 22.9 Å². The molecule has 0 radical (unpaired) electrons. The number of aromatic nitrogens is 2. The van der Waals surface area contributed by atoms with Gasteiger partial charge in [-0.25, -0.2) is 4.98 Å². The van der Waals surface area contributed by atoms with Gasteiger partial charge in [0.1, 0.15) is 13.2 Å². The molecule has 7 heteroatoms. The maximum absolute atomic E-state index is 12.8. The SMILES string of the molecule is C[C@@H](NC(=O)C1CCN(c2nc3ccccc3[nH]2)CC1)c1ccc2c(c1)OCCO2. The summed E-state index contributed by atoms with van der Waals surface area (Å²) in [4.78, 5) is 23.1. The number of anilines is 1. The fraction of sp³-hybridized carbons (Fsp3) is 0.391. The molecule has 1 amide bonds. The Balaban J connectivity index is 1.18. The first-order valence-corrected chi connectivity index (χ1v) is 10.6. The molecule has 1 fully saturated rings. The number of para-hydroxylation sites is 2. The highest BCUT2D eigenvalue weighted by Gasteiger charge is 2.27. The molecule has 30 heavy (non-hydrogen) atoms. The van der Waals surface area contributed by atoms with Crippen LogP contribution in [0.25, 0.3) is 11.0 Å². The lowest BCUT2D eigenvalue weighted by atomic mass is 9.95. The van der Waals surface area contributed by atoms with Crippen LogP contribution in [0.1, 0.15) is 31.4 Å². The molecule has 3 heterocycles. The fourth-order valence-corrected chi connectivity index (χ4v) is 4.19. The predicted molar refractivity (Wildman–Crippen MR) is 115 cm³/mol. The highest BCUT2D eigenvalue weighted by molar-refractivity contribution is 5.80. The van der Waals surface area contributed by atoms with Crippen LogP contribution in [-0.4, -0.2) is 42.2 Å². The van der Waals surface area contributed by atoms with E-state index in [4.69, 9.17) is 9.47 Å². The standard InChI is InChI=1S/C23H26N4O3/c1-15(17-6-7-20-21(14-17)30-13-12-29-20)24-22(28)16-8-10-27(11-9-16)23-25-18-4-2-3-5-19(18)26-23/h2-7,14-16H,8-13H2,1H3,(H,24,28)(H,25,26)/t15-/m1/s1. The van der Waals surface area contributed by atoms with Gasteiger partial charge in [0.2, 0.25) is 11.9 Å². The molecule has 1 atom stereocenters. The van der Waals surface area contributed by atoms with Crippen LogP contribution in [0.5, 0.6) is 11.5 Å². The van der Waals surface area contributed by atoms with E-state index < -0.39 is 0 Å². The number of nitrogens with one attached hydrogen (secondary N) is 2. The number of amides is 1. The van der Waals surface area contributed by atoms with E-state index in [9.17, 15) is 4.79 Å². The van der Waals surface area contributed by atoms with Crippen molar-refractivity contribution in [1.82, 2.24) is 15.3 Å². The van der Waals surface area contributed by atoms with Gasteiger partial charge in [-0.3, -0.25) is 4.79 Å². The van der Waals surface area contributed by atoms with E-state index in [2.05, 4.69) is 20.2 Å². The van der Waals surface area contributed by atoms with E-state index in [0.29, 0.717) is 13.2 Å². The van der Waals surface area contributed by atoms with E-state index in [1.54, 1.807) is 0 Å². The van der Waals surface area contributed by atoms with Gasteiger partial charge in [-0.05, 0) is 49.6 Å². The molecule has 156 valence electrons. The molecule has 1 aromatic heterocycles. The number of carbonyl (C=O) groups is 1. The Morgan fingerprint density at radius 2 is 1.90 bits per heavy atom. The molecular weight excluding hydrogens is 380 g/mol. The Bertz CT molecular complexity index is 1020. The molecule has 2 aliphatic heterocycles. The molecule has 0 saturated carbocycles. The molecule has 0 spiro atoms. The fourth-order valence-electron chi connectivity index (χ4n) is 4.19. The van der Waals surface area contributed by atoms with E-state index in [1.165, 1.54) is 0 Å². The third-order valence-electron chi connectivity index (χ3n) is 5.97. The van der Waals surface area contributed by atoms with Crippen LogP contribution in [0.2, 0.25) is 0 Å². The minimum Gasteiger partial charge on any atom is -0.486 e. The third kappa shape index (κ3) is 3.67. The molecule has 5 rings (SSSR count). The van der Waals surface area contributed by atoms with E-state index >= 15 is 0 Å². The van der Waals surface area contributed by atoms with Gasteiger partial charge in [0.15, 0.2) is 11.5 Å². The molecule has 2 aliphatic rings. The number of carbonyl (C=O) groups excluding carboxylic acids is 1. The second-order valence-electron chi connectivity index (χ2n) is 7.97. The van der Waals surface area contributed by atoms with Crippen molar-refractivity contribution in [3.05, 3.63) is 48.0 Å². The highest BCUT2D eigenvalue weighted by Crippen LogP contribution is 2.33. The minimum atomic E-state index is -0.0817. The summed E-state index contributed by atoms with van der Waals surface area (Å²) in [7, 11) is 0. The molecular formula is C23H26N4O3. The third-order valence-corrected chi connectivity index (χ3v) is 5.97. The van der Waals surface area contributed by atoms with Crippen molar-refractivity contribution in [1.29, 1.82) is 0 Å². The van der Waals surface area contributed by atoms with Crippen LogP contribution in [0.3, 0.4) is 0 Å². The second-order valence-corrected chi connectivity index (χ2v) is 7.97. The summed E-state index contributed by atoms with van der Waals surface area (Å²) in [6.45, 7) is 4.77. The van der Waals surface area contributed by atoms with Gasteiger partial charge in [0.05, 0.1) is 17.1 Å². The van der Waals surface area contributed by atoms with Gasteiger partial charge in [0, 0.05) is 19.0 Å². The largest absolute Gasteiger partial charge is 0.486 e. The number of imidazole rings is 1. The van der Waals surface area contributed by atoms with Crippen molar-refractivity contribution in [2.45, 2.75) is 25.8 Å². The normalized spacial score (nSPS) is 17.7. The second kappa shape index (κ2) is 7.89. The summed E-state index contributed by atoms with van der Waals surface area (Å²) in [5, 5.41) is 3.17. The number of fused-ring (bicyclic) bond motifs is 2. The summed E-state index contributed by atoms with van der Waals surface area (Å²) >= 11 is 0. The Labute approximate surface area is 175 Å². The van der Waals surface area contributed by atoms with Gasteiger partial charge in [-0.15, -0.1) is 0 Å². The Morgan fingerprint density at radius 3 is 2.70 bits per heavy atom. The quantitative estimate of drug-likeness (QED) is 0.694. The zero-order chi connectivity index (χ0) is 20.5. The van der Waals surface area contributed by atoms with Crippen LogP contribution in [0.15, 0.2) is 42.5 Å². The van der Waals surface area contributed by atoms with E-state index in [-0.39, 0.29) is 17.9 Å². The number of hydrogen-bond acceptors (Lipinski definition) is 5. The predicted octanol–water partition coefficient (Wildman–Crippen LogP) is 3.43. The van der Waals surface area contributed by atoms with Gasteiger partial charge < -0.3 is 24.7 Å². The van der Waals surface area contributed by atoms with Crippen molar-refractivity contribution in [2.24, 2.45) is 5.92 Å². The maximum Gasteiger partial charge on any atom is 0.223 e. The van der Waals surface area contributed by atoms with Crippen LogP contribution in [0.4, 0.5) is 5.95 Å². The average Bonchev–Trinajstić information content (AvgIpc) is 3.23. The minimum absolute atomic E-state index is 0.0188. The molecule has 3 aromatic rings. The average molecular weight is 406 g/mol. The van der Waals surface area contributed by atoms with Gasteiger partial charge in [0.25, 0.3) is 0 Å². The molecule has 0 bridgehead atoms. The van der Waals surface area contributed by atoms with Gasteiger partial charge in [-0.1, -0.05) is 18.2 Å². The zero-order valence-corrected chi connectivity index (χ0v) is 17.1. The van der Waals surface area contributed by atoms with Gasteiger partial charge in [-0.2, -0.15) is 0 Å². The molecule has 1 saturated heterocycles. The molecule has 0 unspecified atom stereocenters. The summed E-state index contributed by atoms with van der Waals surface area (Å²) in [5.74, 6) is 2.53. The van der Waals surface area contributed by atoms with E-state index in [1.807, 2.05) is 49.4 Å². The van der Waals surface area contributed by atoms with Crippen molar-refractivity contribution in [2.75, 3.05) is 31.2 Å². The lowest BCUT2D eigenvalue weighted by Crippen LogP contribution is -2.41. The molecule has 0 aliphatic carbocycles. The number of nitrogens with zero attached hydrogens (tertiary/aromatic N) is 2. The highest BCUT2D eigenvalue weighted by atomic mass is 16.6. The monoisotopic (exact) mass is 406 g/mol. The van der Waals surface area contributed by atoms with Crippen LogP contribution in [0, 0.1) is 5.92 Å². The summed E-state index contributed by atoms with van der Waals surface area (Å²) in [5.41, 5.74) is 3.04. The maximum atomic E-state index is 12.8. The zero-order valence-electron chi connectivity index (χ0n) is 17.1. The Kier molecular flexibility index (Phi) is 4.94. The number of hydrogen-bond donors (Lipinski definition) is 2. The number of benzene rings is 2. The van der Waals surface area contributed by atoms with Crippen LogP contribution in [-0.2, 0) is 4.79 Å². The number of H-pyrrole nitrogens is 1. The van der Waals surface area contributed by atoms with Gasteiger partial charge >= 0.3 is 0 Å². The van der Waals surface area contributed by atoms with Crippen molar-refractivity contribution in [3.63, 3.8) is 0 Å². The molecule has 7 nitrogen and oxygen atoms in total. The Morgan fingerprint density at radius 1 is 1.13 bits per heavy atom. The number of ether oxygens (including phenoxy) is 2. The first-order chi connectivity index (χ1) is 14.7. The van der Waals surface area contributed by atoms with Crippen molar-refractivity contribution < 1.29 is 14.3 Å². The Hall–Kier alpha value is -3.22. The van der Waals surface area contributed by atoms with Crippen LogP contribution < -0.4 is 19.7 Å². The van der Waals surface area contributed by atoms with Crippen molar-refractivity contribution in [3.8, 4) is 11.5 Å². The topological polar surface area (TPSA) is 79.5 Å². The van der Waals surface area contributed by atoms with Crippen LogP contribution >= 0.6 is 0 Å². The van der Waals surface area contributed by atoms with E-state index in [0.717, 1.165) is 60.0 Å². The number of piperidine rings is 1. The molecule has 2 N–H and O–H groups in total. The lowest BCUT2D eigenvalue weighted by molar-refractivity contribution is -0.126. The smallest absolute Gasteiger partial charge is 0.223 e. The lowest BCUT2D eigenvalue weighted by Gasteiger charge is -2.31. The summed E-state index contributed by atoms with van der Waals surface area (Å²) < 4.78 is 11.2. The summed E-state index contributed by atoms with van der Waals surface area (Å²) in [6.07, 6.45) is 1.63. The first-order valence-electron chi connectivity index (χ1n) is 10.6. The molecule has 2 aromatic carbocycles. The number of rotatable bonds is 4. The number of aromatic amines is 1. The first kappa shape index (κ1) is 18.8. The summed E-state index contributed by atoms with van der Waals surface area (Å²) in [6, 6.07) is 13.8.